The minimum absolute atomic E-state index is 0.0261. The van der Waals surface area contributed by atoms with Crippen LogP contribution in [0.3, 0.4) is 0 Å². The van der Waals surface area contributed by atoms with Crippen LogP contribution in [-0.4, -0.2) is 85.7 Å². The first-order valence-corrected chi connectivity index (χ1v) is 23.1. The molecule has 3 saturated heterocycles. The third-order valence-corrected chi connectivity index (χ3v) is 15.0. The van der Waals surface area contributed by atoms with Gasteiger partial charge in [0.2, 0.25) is 0 Å². The molecule has 0 unspecified atom stereocenters. The molecule has 5 aliphatic rings. The molecule has 62 heavy (non-hydrogen) atoms. The van der Waals surface area contributed by atoms with E-state index in [1.165, 1.54) is 36.2 Å². The highest BCUT2D eigenvalue weighted by atomic mass is 32.2. The molecule has 1 saturated carbocycles. The molecule has 1 aliphatic carbocycles. The van der Waals surface area contributed by atoms with E-state index in [-0.39, 0.29) is 46.7 Å². The fourth-order valence-electron chi connectivity index (χ4n) is 10.5. The second-order valence-corrected chi connectivity index (χ2v) is 19.7. The number of pyridine rings is 1. The Morgan fingerprint density at radius 1 is 1.05 bits per heavy atom. The van der Waals surface area contributed by atoms with Crippen molar-refractivity contribution in [2.45, 2.75) is 81.3 Å². The van der Waals surface area contributed by atoms with E-state index in [2.05, 4.69) is 67.9 Å². The lowest BCUT2D eigenvalue weighted by molar-refractivity contribution is -0.384. The van der Waals surface area contributed by atoms with Crippen molar-refractivity contribution in [1.82, 2.24) is 19.6 Å². The summed E-state index contributed by atoms with van der Waals surface area (Å²) >= 11 is 0. The first-order valence-electron chi connectivity index (χ1n) is 21.6. The van der Waals surface area contributed by atoms with Gasteiger partial charge in [-0.15, -0.1) is 0 Å². The number of hydrogen-bond donors (Lipinski definition) is 3. The summed E-state index contributed by atoms with van der Waals surface area (Å²) in [5, 5.41) is 16.3. The van der Waals surface area contributed by atoms with Crippen LogP contribution in [0, 0.1) is 21.4 Å². The number of likely N-dealkylation sites (tertiary alicyclic amines) is 1. The van der Waals surface area contributed by atoms with Crippen molar-refractivity contribution in [3.8, 4) is 17.2 Å². The van der Waals surface area contributed by atoms with Crippen molar-refractivity contribution < 1.29 is 32.3 Å². The Morgan fingerprint density at radius 2 is 1.85 bits per heavy atom. The van der Waals surface area contributed by atoms with Crippen LogP contribution in [0.15, 0.2) is 84.0 Å². The fourth-order valence-corrected chi connectivity index (χ4v) is 11.5. The van der Waals surface area contributed by atoms with E-state index in [0.29, 0.717) is 42.6 Å². The summed E-state index contributed by atoms with van der Waals surface area (Å²) in [6.45, 7) is 8.79. The van der Waals surface area contributed by atoms with E-state index in [1.807, 2.05) is 12.1 Å². The second-order valence-electron chi connectivity index (χ2n) is 18.0. The van der Waals surface area contributed by atoms with Gasteiger partial charge in [0, 0.05) is 79.3 Å². The van der Waals surface area contributed by atoms with E-state index >= 15 is 0 Å². The molecule has 1 amide bonds. The summed E-state index contributed by atoms with van der Waals surface area (Å²) in [5.41, 5.74) is 4.27. The van der Waals surface area contributed by atoms with Gasteiger partial charge in [-0.1, -0.05) is 38.1 Å². The van der Waals surface area contributed by atoms with Gasteiger partial charge in [0.25, 0.3) is 21.6 Å². The molecular weight excluding hydrogens is 811 g/mol. The smallest absolute Gasteiger partial charge is 0.297 e. The Hall–Kier alpha value is -5.71. The van der Waals surface area contributed by atoms with Crippen LogP contribution in [0.1, 0.15) is 85.8 Å². The maximum atomic E-state index is 14.0. The molecule has 16 heteroatoms. The van der Waals surface area contributed by atoms with Gasteiger partial charge in [0.05, 0.1) is 27.6 Å². The molecule has 4 fully saturated rings. The zero-order valence-electron chi connectivity index (χ0n) is 34.8. The number of nitro benzene ring substituents is 1. The van der Waals surface area contributed by atoms with Gasteiger partial charge in [0.15, 0.2) is 11.4 Å². The monoisotopic (exact) mass is 861 g/mol. The fraction of sp³-hybridized carbons (Fsp3) is 0.435. The quantitative estimate of drug-likeness (QED) is 0.0864. The number of fused-ring (bicyclic) bond motifs is 2. The Labute approximate surface area is 360 Å². The highest BCUT2D eigenvalue weighted by Gasteiger charge is 2.55. The summed E-state index contributed by atoms with van der Waals surface area (Å²) < 4.78 is 47.6. The Balaban J connectivity index is 0.870. The summed E-state index contributed by atoms with van der Waals surface area (Å²) in [7, 11) is -4.63. The number of H-pyrrole nitrogens is 1. The first kappa shape index (κ1) is 40.4. The molecule has 0 bridgehead atoms. The highest BCUT2D eigenvalue weighted by molar-refractivity contribution is 7.90. The number of aromatic nitrogens is 2. The summed E-state index contributed by atoms with van der Waals surface area (Å²) in [6.07, 6.45) is 9.52. The van der Waals surface area contributed by atoms with Crippen molar-refractivity contribution in [3.63, 3.8) is 0 Å². The van der Waals surface area contributed by atoms with Crippen LogP contribution in [0.5, 0.6) is 17.2 Å². The number of aromatic amines is 1. The summed E-state index contributed by atoms with van der Waals surface area (Å²) in [4.78, 5) is 37.7. The number of rotatable bonds is 11. The Kier molecular flexibility index (Phi) is 10.3. The van der Waals surface area contributed by atoms with Crippen molar-refractivity contribution in [1.29, 1.82) is 0 Å². The molecule has 3 aromatic carbocycles. The third-order valence-electron chi connectivity index (χ3n) is 13.7. The van der Waals surface area contributed by atoms with Crippen molar-refractivity contribution in [3.05, 3.63) is 106 Å². The minimum Gasteiger partial charge on any atom is -0.489 e. The molecule has 3 N–H and O–H groups in total. The summed E-state index contributed by atoms with van der Waals surface area (Å²) in [5.74, 6) is 0.238. The van der Waals surface area contributed by atoms with Crippen LogP contribution < -0.4 is 24.4 Å². The van der Waals surface area contributed by atoms with Gasteiger partial charge in [-0.25, -0.2) is 18.1 Å². The van der Waals surface area contributed by atoms with Crippen molar-refractivity contribution in [2.24, 2.45) is 11.3 Å². The molecular formula is C46H51N7O8S. The first-order chi connectivity index (χ1) is 29.9. The lowest BCUT2D eigenvalue weighted by atomic mass is 9.60. The number of ether oxygens (including phenoxy) is 3. The maximum absolute atomic E-state index is 14.0. The van der Waals surface area contributed by atoms with Gasteiger partial charge in [0.1, 0.15) is 23.8 Å². The molecule has 6 heterocycles. The van der Waals surface area contributed by atoms with Gasteiger partial charge < -0.3 is 29.4 Å². The molecule has 324 valence electrons. The SMILES string of the molecule is CC(C)c1ccccc1[C@@H]1CCCN1C1CC2(C1)CN(c1ccc(C(=O)NS(=O)(=O)c3cc4c(c([N+](=O)[O-])c3)N[C@H](C3CCOCC3)CO4)c(Oc3cnc4[nH]ccc4c3)c1)C2. The van der Waals surface area contributed by atoms with Crippen molar-refractivity contribution >= 4 is 44.0 Å². The van der Waals surface area contributed by atoms with Crippen LogP contribution in [0.25, 0.3) is 11.0 Å². The third kappa shape index (κ3) is 7.51. The number of sulfonamides is 1. The number of amides is 1. The molecule has 2 atom stereocenters. The van der Waals surface area contributed by atoms with E-state index in [1.54, 1.807) is 24.4 Å². The molecule has 15 nitrogen and oxygen atoms in total. The molecule has 2 aromatic heterocycles. The standard InChI is InChI=1S/C46H51N7O8S/c1-28(2)35-6-3-4-7-36(35)39-8-5-15-52(39)32-22-46(23-32)26-51(27-46)31-9-10-37(41(19-31)61-33-18-30-11-14-47-44(30)48-24-33)45(54)50-62(57,58)34-20-40(53(55)56)43-42(21-34)60-25-38(49-43)29-12-16-59-17-13-29/h3-4,6-7,9-11,14,18-21,24,28-29,32,38-39,49H,5,8,12-13,15-17,22-23,25-27H2,1-2H3,(H,47,48)(H,50,54)/t38-,39-/m0/s1. The molecule has 1 spiro atoms. The molecule has 10 rings (SSSR count). The second kappa shape index (κ2) is 15.9. The largest absolute Gasteiger partial charge is 0.489 e. The number of hydrogen-bond acceptors (Lipinski definition) is 12. The van der Waals surface area contributed by atoms with Gasteiger partial charge in [-0.05, 0) is 92.3 Å². The Bertz CT molecular complexity index is 2650. The zero-order chi connectivity index (χ0) is 42.8. The number of carbonyl (C=O) groups is 1. The lowest BCUT2D eigenvalue weighted by Gasteiger charge is -2.62. The van der Waals surface area contributed by atoms with Gasteiger partial charge in [-0.3, -0.25) is 19.8 Å². The van der Waals surface area contributed by atoms with Crippen molar-refractivity contribution in [2.75, 3.05) is 49.7 Å². The van der Waals surface area contributed by atoms with Crippen LogP contribution in [0.2, 0.25) is 0 Å². The van der Waals surface area contributed by atoms with Gasteiger partial charge in [-0.2, -0.15) is 0 Å². The van der Waals surface area contributed by atoms with Crippen LogP contribution in [-0.2, 0) is 14.8 Å². The normalized spacial score (nSPS) is 21.5. The average Bonchev–Trinajstić information content (AvgIpc) is 3.92. The number of nitrogens with zero attached hydrogens (tertiary/aromatic N) is 4. The van der Waals surface area contributed by atoms with Crippen LogP contribution in [0.4, 0.5) is 17.1 Å². The number of carbonyl (C=O) groups excluding carboxylic acids is 1. The highest BCUT2D eigenvalue weighted by Crippen LogP contribution is 2.54. The molecule has 4 aliphatic heterocycles. The zero-order valence-corrected chi connectivity index (χ0v) is 35.7. The predicted molar refractivity (Wildman–Crippen MR) is 234 cm³/mol. The number of nitrogens with one attached hydrogen (secondary N) is 3. The number of anilines is 2. The van der Waals surface area contributed by atoms with E-state index in [4.69, 9.17) is 14.2 Å². The molecule has 5 aromatic rings. The number of benzene rings is 3. The predicted octanol–water partition coefficient (Wildman–Crippen LogP) is 7.91. The topological polar surface area (TPSA) is 181 Å². The Morgan fingerprint density at radius 3 is 2.65 bits per heavy atom. The average molecular weight is 862 g/mol. The minimum atomic E-state index is -4.63. The number of nitro groups is 1. The van der Waals surface area contributed by atoms with E-state index in [0.717, 1.165) is 62.5 Å². The molecule has 0 radical (unpaired) electrons. The maximum Gasteiger partial charge on any atom is 0.297 e. The van der Waals surface area contributed by atoms with E-state index < -0.39 is 31.4 Å². The van der Waals surface area contributed by atoms with Gasteiger partial charge >= 0.3 is 0 Å². The van der Waals surface area contributed by atoms with Crippen LogP contribution >= 0.6 is 0 Å². The van der Waals surface area contributed by atoms with E-state index in [9.17, 15) is 23.3 Å². The lowest BCUT2D eigenvalue weighted by Crippen LogP contribution is -2.66. The summed E-state index contributed by atoms with van der Waals surface area (Å²) in [6, 6.07) is 20.7.